The van der Waals surface area contributed by atoms with Gasteiger partial charge in [-0.15, -0.1) is 0 Å². The summed E-state index contributed by atoms with van der Waals surface area (Å²) in [6.45, 7) is 4.21. The van der Waals surface area contributed by atoms with Crippen molar-refractivity contribution in [1.82, 2.24) is 16.2 Å². The number of halogens is 1. The summed E-state index contributed by atoms with van der Waals surface area (Å²) >= 11 is 11.1. The highest BCUT2D eigenvalue weighted by molar-refractivity contribution is 7.80. The Bertz CT molecular complexity index is 732. The van der Waals surface area contributed by atoms with E-state index in [2.05, 4.69) is 16.2 Å². The van der Waals surface area contributed by atoms with Gasteiger partial charge in [0.05, 0.1) is 6.61 Å². The van der Waals surface area contributed by atoms with E-state index in [1.807, 2.05) is 6.92 Å². The fraction of sp³-hybridized carbons (Fsp3) is 0.333. The Balaban J connectivity index is 2.01. The van der Waals surface area contributed by atoms with Crippen molar-refractivity contribution in [2.75, 3.05) is 13.7 Å². The first-order chi connectivity index (χ1) is 10.9. The average Bonchev–Trinajstić information content (AvgIpc) is 2.82. The molecule has 0 bridgehead atoms. The number of carbonyl (C=O) groups excluding carboxylic acids is 1. The maximum absolute atomic E-state index is 12.2. The Morgan fingerprint density at radius 3 is 2.87 bits per heavy atom. The predicted octanol–water partition coefficient (Wildman–Crippen LogP) is 2.54. The number of aryl methyl sites for hydroxylation is 1. The number of hydrogen-bond donors (Lipinski definition) is 3. The smallest absolute Gasteiger partial charge is 0.305 e. The maximum atomic E-state index is 12.2. The summed E-state index contributed by atoms with van der Waals surface area (Å²) in [6.07, 6.45) is 0. The second-order valence-corrected chi connectivity index (χ2v) is 5.95. The number of hydrazine groups is 1. The summed E-state index contributed by atoms with van der Waals surface area (Å²) in [7, 11) is 1.60. The molecule has 0 aliphatic carbocycles. The van der Waals surface area contributed by atoms with E-state index in [4.69, 9.17) is 33.0 Å². The molecule has 0 aliphatic rings. The Hall–Kier alpha value is -1.83. The number of hydrogen-bond acceptors (Lipinski definition) is 4. The highest BCUT2D eigenvalue weighted by atomic mass is 35.5. The third-order valence-corrected chi connectivity index (χ3v) is 3.64. The lowest BCUT2D eigenvalue weighted by Gasteiger charge is -2.16. The van der Waals surface area contributed by atoms with E-state index in [0.29, 0.717) is 27.9 Å². The fourth-order valence-electron chi connectivity index (χ4n) is 2.13. The summed E-state index contributed by atoms with van der Waals surface area (Å²) in [5.41, 5.74) is 6.45. The molecule has 2 rings (SSSR count). The first kappa shape index (κ1) is 17.5. The van der Waals surface area contributed by atoms with Crippen LogP contribution in [-0.2, 0) is 4.74 Å². The molecule has 6 nitrogen and oxygen atoms in total. The van der Waals surface area contributed by atoms with Gasteiger partial charge in [-0.3, -0.25) is 15.6 Å². The minimum atomic E-state index is -0.418. The Kier molecular flexibility index (Phi) is 5.81. The average molecular weight is 356 g/mol. The SMILES string of the molecule is COC[C@@H](C)NC(=S)NNC(=O)c1oc2ccc(Cl)cc2c1C. The van der Waals surface area contributed by atoms with E-state index in [1.165, 1.54) is 0 Å². The second-order valence-electron chi connectivity index (χ2n) is 5.11. The largest absolute Gasteiger partial charge is 0.451 e. The zero-order valence-electron chi connectivity index (χ0n) is 13.0. The van der Waals surface area contributed by atoms with E-state index in [-0.39, 0.29) is 11.8 Å². The van der Waals surface area contributed by atoms with Gasteiger partial charge in [0, 0.05) is 29.1 Å². The number of amides is 1. The lowest BCUT2D eigenvalue weighted by Crippen LogP contribution is -2.50. The molecule has 0 saturated heterocycles. The number of rotatable bonds is 4. The van der Waals surface area contributed by atoms with E-state index in [1.54, 1.807) is 32.2 Å². The Morgan fingerprint density at radius 1 is 1.43 bits per heavy atom. The number of carbonyl (C=O) groups is 1. The van der Waals surface area contributed by atoms with Crippen molar-refractivity contribution in [2.24, 2.45) is 0 Å². The molecule has 0 spiro atoms. The molecule has 0 saturated carbocycles. The van der Waals surface area contributed by atoms with Crippen molar-refractivity contribution in [1.29, 1.82) is 0 Å². The van der Waals surface area contributed by atoms with Crippen LogP contribution in [-0.4, -0.2) is 30.8 Å². The lowest BCUT2D eigenvalue weighted by molar-refractivity contribution is 0.0916. The number of nitrogens with one attached hydrogen (secondary N) is 3. The molecule has 1 atom stereocenters. The zero-order valence-corrected chi connectivity index (χ0v) is 14.6. The van der Waals surface area contributed by atoms with E-state index < -0.39 is 5.91 Å². The first-order valence-electron chi connectivity index (χ1n) is 6.96. The van der Waals surface area contributed by atoms with Crippen LogP contribution in [0.5, 0.6) is 0 Å². The van der Waals surface area contributed by atoms with Crippen molar-refractivity contribution in [3.63, 3.8) is 0 Å². The van der Waals surface area contributed by atoms with Crippen molar-refractivity contribution in [2.45, 2.75) is 19.9 Å². The summed E-state index contributed by atoms with van der Waals surface area (Å²) in [5.74, 6) is -0.208. The molecule has 1 heterocycles. The van der Waals surface area contributed by atoms with Crippen LogP contribution in [0, 0.1) is 6.92 Å². The van der Waals surface area contributed by atoms with Crippen LogP contribution in [0.3, 0.4) is 0 Å². The summed E-state index contributed by atoms with van der Waals surface area (Å²) in [6, 6.07) is 5.22. The molecule has 3 N–H and O–H groups in total. The Labute approximate surface area is 144 Å². The Morgan fingerprint density at radius 2 is 2.17 bits per heavy atom. The standard InChI is InChI=1S/C15H18ClN3O3S/c1-8(7-21-3)17-15(23)19-18-14(20)13-9(2)11-6-10(16)4-5-12(11)22-13/h4-6,8H,7H2,1-3H3,(H,18,20)(H2,17,19,23)/t8-/m1/s1. The van der Waals surface area contributed by atoms with Crippen LogP contribution in [0.1, 0.15) is 23.0 Å². The van der Waals surface area contributed by atoms with Gasteiger partial charge in [-0.1, -0.05) is 11.6 Å². The molecular weight excluding hydrogens is 338 g/mol. The van der Waals surface area contributed by atoms with Crippen LogP contribution in [0.4, 0.5) is 0 Å². The zero-order chi connectivity index (χ0) is 17.0. The minimum Gasteiger partial charge on any atom is -0.451 e. The highest BCUT2D eigenvalue weighted by Crippen LogP contribution is 2.27. The number of fused-ring (bicyclic) bond motifs is 1. The molecule has 1 amide bonds. The maximum Gasteiger partial charge on any atom is 0.305 e. The number of thiocarbonyl (C=S) groups is 1. The molecule has 8 heteroatoms. The topological polar surface area (TPSA) is 75.5 Å². The molecule has 0 unspecified atom stereocenters. The molecule has 2 aromatic rings. The minimum absolute atomic E-state index is 0.0204. The van der Waals surface area contributed by atoms with E-state index >= 15 is 0 Å². The molecule has 0 aliphatic heterocycles. The van der Waals surface area contributed by atoms with Crippen LogP contribution in [0.15, 0.2) is 22.6 Å². The van der Waals surface area contributed by atoms with Crippen molar-refractivity contribution >= 4 is 45.8 Å². The normalized spacial score (nSPS) is 12.0. The monoisotopic (exact) mass is 355 g/mol. The predicted molar refractivity (Wildman–Crippen MR) is 93.6 cm³/mol. The van der Waals surface area contributed by atoms with Gasteiger partial charge in [0.2, 0.25) is 0 Å². The van der Waals surface area contributed by atoms with Gasteiger partial charge in [0.15, 0.2) is 10.9 Å². The van der Waals surface area contributed by atoms with Gasteiger partial charge in [-0.05, 0) is 44.3 Å². The van der Waals surface area contributed by atoms with Crippen molar-refractivity contribution in [3.8, 4) is 0 Å². The van der Waals surface area contributed by atoms with E-state index in [9.17, 15) is 4.79 Å². The third kappa shape index (κ3) is 4.34. The summed E-state index contributed by atoms with van der Waals surface area (Å²) < 4.78 is 10.6. The number of benzene rings is 1. The van der Waals surface area contributed by atoms with Gasteiger partial charge in [0.25, 0.3) is 0 Å². The molecule has 0 fully saturated rings. The van der Waals surface area contributed by atoms with E-state index in [0.717, 1.165) is 5.39 Å². The van der Waals surface area contributed by atoms with Gasteiger partial charge in [0.1, 0.15) is 5.58 Å². The molecule has 124 valence electrons. The quantitative estimate of drug-likeness (QED) is 0.578. The van der Waals surface area contributed by atoms with Crippen LogP contribution < -0.4 is 16.2 Å². The lowest BCUT2D eigenvalue weighted by atomic mass is 10.1. The van der Waals surface area contributed by atoms with Crippen LogP contribution in [0.2, 0.25) is 5.02 Å². The highest BCUT2D eigenvalue weighted by Gasteiger charge is 2.18. The van der Waals surface area contributed by atoms with Crippen molar-refractivity contribution in [3.05, 3.63) is 34.5 Å². The molecule has 23 heavy (non-hydrogen) atoms. The summed E-state index contributed by atoms with van der Waals surface area (Å²) in [5, 5.41) is 4.65. The first-order valence-corrected chi connectivity index (χ1v) is 7.75. The third-order valence-electron chi connectivity index (χ3n) is 3.19. The molecule has 1 aromatic carbocycles. The number of furan rings is 1. The van der Waals surface area contributed by atoms with Crippen molar-refractivity contribution < 1.29 is 13.9 Å². The number of methoxy groups -OCH3 is 1. The van der Waals surface area contributed by atoms with Gasteiger partial charge < -0.3 is 14.5 Å². The molecule has 1 aromatic heterocycles. The van der Waals surface area contributed by atoms with Gasteiger partial charge >= 0.3 is 5.91 Å². The fourth-order valence-corrected chi connectivity index (χ4v) is 2.56. The van der Waals surface area contributed by atoms with Gasteiger partial charge in [-0.25, -0.2) is 0 Å². The summed E-state index contributed by atoms with van der Waals surface area (Å²) in [4.78, 5) is 12.2. The van der Waals surface area contributed by atoms with Crippen LogP contribution >= 0.6 is 23.8 Å². The second kappa shape index (κ2) is 7.63. The number of ether oxygens (including phenoxy) is 1. The van der Waals surface area contributed by atoms with Gasteiger partial charge in [-0.2, -0.15) is 0 Å². The molecule has 0 radical (unpaired) electrons. The van der Waals surface area contributed by atoms with Crippen LogP contribution in [0.25, 0.3) is 11.0 Å². The molecular formula is C15H18ClN3O3S.